The summed E-state index contributed by atoms with van der Waals surface area (Å²) in [5.41, 5.74) is 10.4. The number of primary amides is 1. The number of nitrogens with zero attached hydrogens (tertiary/aromatic N) is 1. The lowest BCUT2D eigenvalue weighted by atomic mass is 10.1. The highest BCUT2D eigenvalue weighted by atomic mass is 32.2. The average molecular weight is 301 g/mol. The van der Waals surface area contributed by atoms with E-state index in [0.29, 0.717) is 5.82 Å². The van der Waals surface area contributed by atoms with Crippen molar-refractivity contribution in [1.82, 2.24) is 9.71 Å². The zero-order valence-corrected chi connectivity index (χ0v) is 12.4. The predicted molar refractivity (Wildman–Crippen MR) is 77.7 cm³/mol. The van der Waals surface area contributed by atoms with Crippen LogP contribution in [0.5, 0.6) is 0 Å². The summed E-state index contributed by atoms with van der Waals surface area (Å²) >= 11 is 0. The Kier molecular flexibility index (Phi) is 4.56. The molecule has 0 fully saturated rings. The van der Waals surface area contributed by atoms with Crippen molar-refractivity contribution in [2.45, 2.75) is 19.4 Å². The van der Waals surface area contributed by atoms with Crippen LogP contribution in [0.2, 0.25) is 0 Å². The van der Waals surface area contributed by atoms with E-state index in [2.05, 4.69) is 15.0 Å². The van der Waals surface area contributed by atoms with Gasteiger partial charge in [0.15, 0.2) is 0 Å². The van der Waals surface area contributed by atoms with E-state index >= 15 is 0 Å². The lowest BCUT2D eigenvalue weighted by Gasteiger charge is -2.25. The van der Waals surface area contributed by atoms with Crippen molar-refractivity contribution in [1.29, 1.82) is 0 Å². The third kappa shape index (κ3) is 5.02. The minimum absolute atomic E-state index is 0.163. The highest BCUT2D eigenvalue weighted by molar-refractivity contribution is 7.88. The van der Waals surface area contributed by atoms with Gasteiger partial charge in [-0.05, 0) is 19.9 Å². The van der Waals surface area contributed by atoms with Crippen molar-refractivity contribution in [3.05, 3.63) is 17.8 Å². The smallest absolute Gasteiger partial charge is 0.250 e. The number of carbonyl (C=O) groups excluding carboxylic acids is 1. The molecule has 0 aliphatic heterocycles. The maximum Gasteiger partial charge on any atom is 0.250 e. The fraction of sp³-hybridized carbons (Fsp3) is 0.455. The van der Waals surface area contributed by atoms with Gasteiger partial charge in [0.2, 0.25) is 10.0 Å². The highest BCUT2D eigenvalue weighted by Gasteiger charge is 2.22. The molecule has 0 spiro atoms. The van der Waals surface area contributed by atoms with Gasteiger partial charge in [-0.1, -0.05) is 0 Å². The number of carbonyl (C=O) groups is 1. The Labute approximate surface area is 118 Å². The molecule has 1 aromatic heterocycles. The Bertz CT molecular complexity index is 612. The van der Waals surface area contributed by atoms with Gasteiger partial charge in [0.05, 0.1) is 23.7 Å². The maximum atomic E-state index is 11.2. The third-order valence-corrected chi connectivity index (χ3v) is 3.30. The summed E-state index contributed by atoms with van der Waals surface area (Å²) in [5, 5.41) is 2.93. The molecular weight excluding hydrogens is 282 g/mol. The Morgan fingerprint density at radius 3 is 2.55 bits per heavy atom. The van der Waals surface area contributed by atoms with E-state index in [1.54, 1.807) is 13.8 Å². The Morgan fingerprint density at radius 2 is 2.05 bits per heavy atom. The van der Waals surface area contributed by atoms with Gasteiger partial charge >= 0.3 is 0 Å². The van der Waals surface area contributed by atoms with E-state index in [0.717, 1.165) is 6.26 Å². The van der Waals surface area contributed by atoms with E-state index < -0.39 is 21.5 Å². The molecule has 0 bridgehead atoms. The van der Waals surface area contributed by atoms with Crippen LogP contribution in [0.4, 0.5) is 11.5 Å². The number of hydrogen-bond donors (Lipinski definition) is 4. The molecule has 8 nitrogen and oxygen atoms in total. The van der Waals surface area contributed by atoms with Gasteiger partial charge < -0.3 is 16.8 Å². The summed E-state index contributed by atoms with van der Waals surface area (Å²) in [4.78, 5) is 15.2. The largest absolute Gasteiger partial charge is 0.397 e. The van der Waals surface area contributed by atoms with Crippen molar-refractivity contribution in [2.75, 3.05) is 23.9 Å². The number of nitrogens with two attached hydrogens (primary N) is 2. The molecule has 1 rings (SSSR count). The van der Waals surface area contributed by atoms with Crippen LogP contribution in [0.1, 0.15) is 24.2 Å². The summed E-state index contributed by atoms with van der Waals surface area (Å²) in [6.45, 7) is 3.70. The van der Waals surface area contributed by atoms with Crippen LogP contribution in [0.25, 0.3) is 0 Å². The first-order valence-electron chi connectivity index (χ1n) is 5.78. The summed E-state index contributed by atoms with van der Waals surface area (Å²) < 4.78 is 24.9. The quantitative estimate of drug-likeness (QED) is 0.558. The number of rotatable bonds is 6. The number of pyridine rings is 1. The number of hydrogen-bond acceptors (Lipinski definition) is 6. The Morgan fingerprint density at radius 1 is 1.45 bits per heavy atom. The first-order chi connectivity index (χ1) is 9.00. The lowest BCUT2D eigenvalue weighted by Crippen LogP contribution is -2.47. The van der Waals surface area contributed by atoms with Crippen LogP contribution < -0.4 is 21.5 Å². The number of aromatic nitrogens is 1. The fourth-order valence-electron chi connectivity index (χ4n) is 1.63. The highest BCUT2D eigenvalue weighted by Crippen LogP contribution is 2.15. The van der Waals surface area contributed by atoms with E-state index in [1.165, 1.54) is 12.3 Å². The summed E-state index contributed by atoms with van der Waals surface area (Å²) in [7, 11) is -3.32. The first kappa shape index (κ1) is 16.2. The van der Waals surface area contributed by atoms with Crippen LogP contribution >= 0.6 is 0 Å². The minimum atomic E-state index is -3.32. The summed E-state index contributed by atoms with van der Waals surface area (Å²) in [6.07, 6.45) is 2.40. The number of sulfonamides is 1. The molecule has 112 valence electrons. The number of amides is 1. The Hall–Kier alpha value is -1.87. The molecule has 0 radical (unpaired) electrons. The maximum absolute atomic E-state index is 11.2. The van der Waals surface area contributed by atoms with Gasteiger partial charge in [0, 0.05) is 12.1 Å². The van der Waals surface area contributed by atoms with Gasteiger partial charge in [-0.25, -0.2) is 18.1 Å². The van der Waals surface area contributed by atoms with Gasteiger partial charge in [0.25, 0.3) is 5.91 Å². The molecule has 0 aliphatic carbocycles. The zero-order valence-electron chi connectivity index (χ0n) is 11.6. The topological polar surface area (TPSA) is 140 Å². The first-order valence-corrected chi connectivity index (χ1v) is 7.67. The minimum Gasteiger partial charge on any atom is -0.397 e. The van der Waals surface area contributed by atoms with Crippen molar-refractivity contribution in [2.24, 2.45) is 5.73 Å². The molecule has 1 amide bonds. The predicted octanol–water partition coefficient (Wildman–Crippen LogP) is -0.498. The van der Waals surface area contributed by atoms with Crippen LogP contribution in [-0.2, 0) is 10.0 Å². The number of nitrogens with one attached hydrogen (secondary N) is 2. The summed E-state index contributed by atoms with van der Waals surface area (Å²) in [5.74, 6) is -0.266. The van der Waals surface area contributed by atoms with E-state index in [-0.39, 0.29) is 17.8 Å². The molecule has 0 unspecified atom stereocenters. The second-order valence-corrected chi connectivity index (χ2v) is 6.88. The molecule has 0 aliphatic rings. The standard InChI is InChI=1S/C11H19N5O3S/c1-11(2,16-20(3,18)19)6-15-9-4-7(10(13)17)8(12)5-14-9/h4-5,16H,6,12H2,1-3H3,(H2,13,17)(H,14,15). The van der Waals surface area contributed by atoms with Crippen molar-refractivity contribution < 1.29 is 13.2 Å². The van der Waals surface area contributed by atoms with E-state index in [4.69, 9.17) is 11.5 Å². The van der Waals surface area contributed by atoms with E-state index in [9.17, 15) is 13.2 Å². The van der Waals surface area contributed by atoms with Crippen molar-refractivity contribution in [3.63, 3.8) is 0 Å². The molecule has 1 heterocycles. The van der Waals surface area contributed by atoms with Crippen LogP contribution in [-0.4, -0.2) is 37.6 Å². The fourth-order valence-corrected chi connectivity index (χ4v) is 2.70. The third-order valence-electron chi connectivity index (χ3n) is 2.37. The van der Waals surface area contributed by atoms with Gasteiger partial charge in [-0.15, -0.1) is 0 Å². The van der Waals surface area contributed by atoms with Crippen molar-refractivity contribution in [3.8, 4) is 0 Å². The number of anilines is 2. The Balaban J connectivity index is 2.80. The number of nitrogen functional groups attached to an aromatic ring is 1. The zero-order chi connectivity index (χ0) is 15.6. The summed E-state index contributed by atoms with van der Waals surface area (Å²) in [6, 6.07) is 1.42. The molecule has 1 aromatic rings. The average Bonchev–Trinajstić information content (AvgIpc) is 2.24. The van der Waals surface area contributed by atoms with E-state index in [1.807, 2.05) is 0 Å². The van der Waals surface area contributed by atoms with Gasteiger partial charge in [0.1, 0.15) is 5.82 Å². The molecule has 0 saturated heterocycles. The second kappa shape index (κ2) is 5.63. The molecule has 0 saturated carbocycles. The van der Waals surface area contributed by atoms with Gasteiger partial charge in [-0.3, -0.25) is 4.79 Å². The molecule has 20 heavy (non-hydrogen) atoms. The van der Waals surface area contributed by atoms with Crippen LogP contribution in [0.15, 0.2) is 12.3 Å². The van der Waals surface area contributed by atoms with Gasteiger partial charge in [-0.2, -0.15) is 0 Å². The monoisotopic (exact) mass is 301 g/mol. The molecular formula is C11H19N5O3S. The normalized spacial score (nSPS) is 12.2. The van der Waals surface area contributed by atoms with Crippen LogP contribution in [0, 0.1) is 0 Å². The molecule has 9 heteroatoms. The molecule has 0 aromatic carbocycles. The van der Waals surface area contributed by atoms with Crippen LogP contribution in [0.3, 0.4) is 0 Å². The second-order valence-electron chi connectivity index (χ2n) is 5.13. The SMILES string of the molecule is CC(C)(CNc1cc(C(N)=O)c(N)cn1)NS(C)(=O)=O. The molecule has 0 atom stereocenters. The lowest BCUT2D eigenvalue weighted by molar-refractivity contribution is 0.100. The molecule has 6 N–H and O–H groups in total. The van der Waals surface area contributed by atoms with Crippen molar-refractivity contribution >= 4 is 27.4 Å².